The number of carbonyl (C=O) groups excluding carboxylic acids is 2. The fraction of sp³-hybridized carbons (Fsp3) is 0.462. The molecule has 2 amide bonds. The molecule has 0 aliphatic heterocycles. The van der Waals surface area contributed by atoms with Crippen LogP contribution in [0.3, 0.4) is 0 Å². The van der Waals surface area contributed by atoms with Gasteiger partial charge in [-0.3, -0.25) is 14.6 Å². The SMILES string of the molecule is CCN(CC)C(=O)CCNC(=O)c1cncc(Br)c1. The van der Waals surface area contributed by atoms with Crippen molar-refractivity contribution < 1.29 is 9.59 Å². The molecule has 0 aromatic carbocycles. The lowest BCUT2D eigenvalue weighted by atomic mass is 10.2. The summed E-state index contributed by atoms with van der Waals surface area (Å²) in [5.41, 5.74) is 0.477. The van der Waals surface area contributed by atoms with Crippen molar-refractivity contribution in [3.05, 3.63) is 28.5 Å². The van der Waals surface area contributed by atoms with E-state index in [-0.39, 0.29) is 11.8 Å². The number of amides is 2. The highest BCUT2D eigenvalue weighted by Crippen LogP contribution is 2.09. The molecule has 0 bridgehead atoms. The third kappa shape index (κ3) is 4.98. The zero-order valence-corrected chi connectivity index (χ0v) is 12.7. The average molecular weight is 328 g/mol. The van der Waals surface area contributed by atoms with Crippen LogP contribution < -0.4 is 5.32 Å². The van der Waals surface area contributed by atoms with Crippen LogP contribution in [-0.2, 0) is 4.79 Å². The molecule has 19 heavy (non-hydrogen) atoms. The molecule has 104 valence electrons. The summed E-state index contributed by atoms with van der Waals surface area (Å²) in [5, 5.41) is 2.71. The molecule has 0 aliphatic carbocycles. The molecule has 0 fully saturated rings. The third-order valence-electron chi connectivity index (χ3n) is 2.71. The van der Waals surface area contributed by atoms with Crippen LogP contribution in [-0.4, -0.2) is 41.3 Å². The first-order valence-corrected chi connectivity index (χ1v) is 7.04. The Morgan fingerprint density at radius 2 is 2.00 bits per heavy atom. The number of hydrogen-bond acceptors (Lipinski definition) is 3. The van der Waals surface area contributed by atoms with Crippen molar-refractivity contribution in [3.63, 3.8) is 0 Å². The molecule has 0 spiro atoms. The van der Waals surface area contributed by atoms with E-state index in [0.717, 1.165) is 4.47 Å². The van der Waals surface area contributed by atoms with Crippen molar-refractivity contribution in [2.45, 2.75) is 20.3 Å². The average Bonchev–Trinajstić information content (AvgIpc) is 2.40. The molecule has 0 saturated heterocycles. The lowest BCUT2D eigenvalue weighted by molar-refractivity contribution is -0.130. The van der Waals surface area contributed by atoms with Gasteiger partial charge in [0.15, 0.2) is 0 Å². The van der Waals surface area contributed by atoms with Gasteiger partial charge in [-0.2, -0.15) is 0 Å². The fourth-order valence-corrected chi connectivity index (χ4v) is 2.02. The minimum Gasteiger partial charge on any atom is -0.351 e. The maximum absolute atomic E-state index is 11.8. The van der Waals surface area contributed by atoms with E-state index < -0.39 is 0 Å². The van der Waals surface area contributed by atoms with E-state index in [1.54, 1.807) is 17.2 Å². The number of rotatable bonds is 6. The number of nitrogens with one attached hydrogen (secondary N) is 1. The summed E-state index contributed by atoms with van der Waals surface area (Å²) in [6.07, 6.45) is 3.42. The Kier molecular flexibility index (Phi) is 6.49. The molecule has 0 aliphatic rings. The van der Waals surface area contributed by atoms with Crippen molar-refractivity contribution in [2.24, 2.45) is 0 Å². The van der Waals surface area contributed by atoms with Crippen LogP contribution >= 0.6 is 15.9 Å². The summed E-state index contributed by atoms with van der Waals surface area (Å²) < 4.78 is 0.749. The highest BCUT2D eigenvalue weighted by atomic mass is 79.9. The van der Waals surface area contributed by atoms with Crippen LogP contribution in [0.5, 0.6) is 0 Å². The predicted molar refractivity (Wildman–Crippen MR) is 76.8 cm³/mol. The molecular weight excluding hydrogens is 310 g/mol. The Morgan fingerprint density at radius 1 is 1.32 bits per heavy atom. The lowest BCUT2D eigenvalue weighted by Crippen LogP contribution is -2.34. The van der Waals surface area contributed by atoms with Gasteiger partial charge in [0.05, 0.1) is 5.56 Å². The molecule has 1 aromatic heterocycles. The van der Waals surface area contributed by atoms with Crippen LogP contribution in [0.25, 0.3) is 0 Å². The first kappa shape index (κ1) is 15.6. The Hall–Kier alpha value is -1.43. The zero-order chi connectivity index (χ0) is 14.3. The second-order valence-electron chi connectivity index (χ2n) is 3.96. The molecule has 5 nitrogen and oxygen atoms in total. The Bertz CT molecular complexity index is 447. The van der Waals surface area contributed by atoms with Crippen LogP contribution in [0.15, 0.2) is 22.9 Å². The van der Waals surface area contributed by atoms with Crippen LogP contribution in [0, 0.1) is 0 Å². The maximum atomic E-state index is 11.8. The number of carbonyl (C=O) groups is 2. The number of hydrogen-bond donors (Lipinski definition) is 1. The Labute approximate surface area is 121 Å². The second kappa shape index (κ2) is 7.89. The van der Waals surface area contributed by atoms with Crippen molar-refractivity contribution in [1.29, 1.82) is 0 Å². The molecule has 0 unspecified atom stereocenters. The topological polar surface area (TPSA) is 62.3 Å². The second-order valence-corrected chi connectivity index (χ2v) is 4.88. The first-order chi connectivity index (χ1) is 9.08. The molecule has 1 aromatic rings. The van der Waals surface area contributed by atoms with Gasteiger partial charge in [-0.1, -0.05) is 0 Å². The Morgan fingerprint density at radius 3 is 2.58 bits per heavy atom. The largest absolute Gasteiger partial charge is 0.351 e. The van der Waals surface area contributed by atoms with E-state index in [1.165, 1.54) is 6.20 Å². The molecule has 1 heterocycles. The monoisotopic (exact) mass is 327 g/mol. The highest BCUT2D eigenvalue weighted by Gasteiger charge is 2.10. The van der Waals surface area contributed by atoms with Crippen LogP contribution in [0.2, 0.25) is 0 Å². The van der Waals surface area contributed by atoms with E-state index in [9.17, 15) is 9.59 Å². The van der Waals surface area contributed by atoms with Crippen molar-refractivity contribution in [1.82, 2.24) is 15.2 Å². The van der Waals surface area contributed by atoms with E-state index in [1.807, 2.05) is 13.8 Å². The molecular formula is C13H18BrN3O2. The molecule has 1 N–H and O–H groups in total. The van der Waals surface area contributed by atoms with E-state index in [2.05, 4.69) is 26.2 Å². The minimum atomic E-state index is -0.221. The molecule has 1 rings (SSSR count). The van der Waals surface area contributed by atoms with Gasteiger partial charge in [-0.05, 0) is 35.8 Å². The van der Waals surface area contributed by atoms with Gasteiger partial charge in [0.1, 0.15) is 0 Å². The van der Waals surface area contributed by atoms with Gasteiger partial charge in [0.25, 0.3) is 5.91 Å². The molecule has 6 heteroatoms. The standard InChI is InChI=1S/C13H18BrN3O2/c1-3-17(4-2)12(18)5-6-16-13(19)10-7-11(14)9-15-8-10/h7-9H,3-6H2,1-2H3,(H,16,19). The van der Waals surface area contributed by atoms with Crippen molar-refractivity contribution in [2.75, 3.05) is 19.6 Å². The third-order valence-corrected chi connectivity index (χ3v) is 3.14. The predicted octanol–water partition coefficient (Wildman–Crippen LogP) is 1.83. The van der Waals surface area contributed by atoms with E-state index >= 15 is 0 Å². The van der Waals surface area contributed by atoms with Gasteiger partial charge in [0.2, 0.25) is 5.91 Å². The van der Waals surface area contributed by atoms with Gasteiger partial charge in [0, 0.05) is 42.9 Å². The quantitative estimate of drug-likeness (QED) is 0.867. The van der Waals surface area contributed by atoms with Crippen molar-refractivity contribution in [3.8, 4) is 0 Å². The van der Waals surface area contributed by atoms with Gasteiger partial charge < -0.3 is 10.2 Å². The highest BCUT2D eigenvalue weighted by molar-refractivity contribution is 9.10. The normalized spacial score (nSPS) is 10.1. The van der Waals surface area contributed by atoms with Gasteiger partial charge >= 0.3 is 0 Å². The smallest absolute Gasteiger partial charge is 0.252 e. The summed E-state index contributed by atoms with van der Waals surface area (Å²) in [6.45, 7) is 5.60. The first-order valence-electron chi connectivity index (χ1n) is 6.25. The van der Waals surface area contributed by atoms with E-state index in [4.69, 9.17) is 0 Å². The number of halogens is 1. The molecule has 0 saturated carbocycles. The molecule has 0 radical (unpaired) electrons. The van der Waals surface area contributed by atoms with Crippen molar-refractivity contribution >= 4 is 27.7 Å². The molecule has 0 atom stereocenters. The lowest BCUT2D eigenvalue weighted by Gasteiger charge is -2.18. The van der Waals surface area contributed by atoms with Crippen LogP contribution in [0.4, 0.5) is 0 Å². The number of pyridine rings is 1. The summed E-state index contributed by atoms with van der Waals surface area (Å²) in [7, 11) is 0. The fourth-order valence-electron chi connectivity index (χ4n) is 1.66. The Balaban J connectivity index is 2.41. The van der Waals surface area contributed by atoms with Gasteiger partial charge in [-0.15, -0.1) is 0 Å². The summed E-state index contributed by atoms with van der Waals surface area (Å²) >= 11 is 3.26. The number of aromatic nitrogens is 1. The zero-order valence-electron chi connectivity index (χ0n) is 11.1. The summed E-state index contributed by atoms with van der Waals surface area (Å²) in [5.74, 6) is -0.168. The number of nitrogens with zero attached hydrogens (tertiary/aromatic N) is 2. The summed E-state index contributed by atoms with van der Waals surface area (Å²) in [4.78, 5) is 29.2. The van der Waals surface area contributed by atoms with E-state index in [0.29, 0.717) is 31.6 Å². The van der Waals surface area contributed by atoms with Gasteiger partial charge in [-0.25, -0.2) is 0 Å². The van der Waals surface area contributed by atoms with Crippen LogP contribution in [0.1, 0.15) is 30.6 Å². The summed E-state index contributed by atoms with van der Waals surface area (Å²) in [6, 6.07) is 1.69. The maximum Gasteiger partial charge on any atom is 0.252 e. The minimum absolute atomic E-state index is 0.0534.